The van der Waals surface area contributed by atoms with Gasteiger partial charge in [-0.25, -0.2) is 9.37 Å². The van der Waals surface area contributed by atoms with Gasteiger partial charge in [0.15, 0.2) is 11.6 Å². The average molecular weight is 291 g/mol. The molecule has 0 aliphatic carbocycles. The number of anilines is 1. The molecule has 2 aromatic heterocycles. The summed E-state index contributed by atoms with van der Waals surface area (Å²) in [6.07, 6.45) is 4.92. The Morgan fingerprint density at radius 1 is 1.38 bits per heavy atom. The fourth-order valence-electron chi connectivity index (χ4n) is 2.10. The van der Waals surface area contributed by atoms with Crippen molar-refractivity contribution in [3.63, 3.8) is 0 Å². The SMILES string of the molecule is CC(C)CNCc1ccnc(N(C)Cc2ccoc2)c1F. The number of halogens is 1. The smallest absolute Gasteiger partial charge is 0.170 e. The molecule has 5 heteroatoms. The van der Waals surface area contributed by atoms with Crippen LogP contribution in [0.4, 0.5) is 10.2 Å². The Labute approximate surface area is 125 Å². The zero-order chi connectivity index (χ0) is 15.2. The van der Waals surface area contributed by atoms with Gasteiger partial charge in [0.2, 0.25) is 0 Å². The Bertz CT molecular complexity index is 555. The summed E-state index contributed by atoms with van der Waals surface area (Å²) in [5.41, 5.74) is 1.63. The van der Waals surface area contributed by atoms with Crippen LogP contribution in [0.2, 0.25) is 0 Å². The van der Waals surface area contributed by atoms with Crippen molar-refractivity contribution in [3.05, 3.63) is 47.8 Å². The molecule has 21 heavy (non-hydrogen) atoms. The van der Waals surface area contributed by atoms with Crippen molar-refractivity contribution in [1.82, 2.24) is 10.3 Å². The lowest BCUT2D eigenvalue weighted by Crippen LogP contribution is -2.22. The van der Waals surface area contributed by atoms with Crippen molar-refractivity contribution >= 4 is 5.82 Å². The van der Waals surface area contributed by atoms with Crippen molar-refractivity contribution in [3.8, 4) is 0 Å². The summed E-state index contributed by atoms with van der Waals surface area (Å²) in [7, 11) is 1.82. The van der Waals surface area contributed by atoms with Crippen LogP contribution in [0.1, 0.15) is 25.0 Å². The number of pyridine rings is 1. The highest BCUT2D eigenvalue weighted by molar-refractivity contribution is 5.42. The van der Waals surface area contributed by atoms with E-state index in [-0.39, 0.29) is 5.82 Å². The van der Waals surface area contributed by atoms with Crippen LogP contribution >= 0.6 is 0 Å². The van der Waals surface area contributed by atoms with Gasteiger partial charge in [-0.2, -0.15) is 0 Å². The van der Waals surface area contributed by atoms with Crippen molar-refractivity contribution in [2.24, 2.45) is 5.92 Å². The van der Waals surface area contributed by atoms with Gasteiger partial charge in [-0.1, -0.05) is 13.8 Å². The zero-order valence-electron chi connectivity index (χ0n) is 12.8. The zero-order valence-corrected chi connectivity index (χ0v) is 12.8. The Kier molecular flexibility index (Phi) is 5.33. The van der Waals surface area contributed by atoms with Crippen LogP contribution in [0.3, 0.4) is 0 Å². The molecule has 2 rings (SSSR count). The van der Waals surface area contributed by atoms with E-state index in [2.05, 4.69) is 24.1 Å². The molecule has 0 fully saturated rings. The standard InChI is InChI=1S/C16H22FN3O/c1-12(2)8-18-9-14-4-6-19-16(15(14)17)20(3)10-13-5-7-21-11-13/h4-7,11-12,18H,8-10H2,1-3H3. The largest absolute Gasteiger partial charge is 0.472 e. The van der Waals surface area contributed by atoms with Crippen molar-refractivity contribution in [2.45, 2.75) is 26.9 Å². The maximum atomic E-state index is 14.5. The summed E-state index contributed by atoms with van der Waals surface area (Å²) in [5, 5.41) is 3.25. The van der Waals surface area contributed by atoms with Gasteiger partial charge in [-0.15, -0.1) is 0 Å². The number of hydrogen-bond donors (Lipinski definition) is 1. The van der Waals surface area contributed by atoms with E-state index in [4.69, 9.17) is 4.42 Å². The number of nitrogens with one attached hydrogen (secondary N) is 1. The van der Waals surface area contributed by atoms with Gasteiger partial charge in [0.05, 0.1) is 12.5 Å². The monoisotopic (exact) mass is 291 g/mol. The van der Waals surface area contributed by atoms with Crippen LogP contribution in [0.15, 0.2) is 35.3 Å². The Hall–Kier alpha value is -1.88. The average Bonchev–Trinajstić information content (AvgIpc) is 2.93. The first-order chi connectivity index (χ1) is 10.1. The second-order valence-corrected chi connectivity index (χ2v) is 5.62. The molecular weight excluding hydrogens is 269 g/mol. The van der Waals surface area contributed by atoms with E-state index < -0.39 is 0 Å². The molecule has 0 radical (unpaired) electrons. The van der Waals surface area contributed by atoms with Crippen molar-refractivity contribution < 1.29 is 8.81 Å². The van der Waals surface area contributed by atoms with E-state index in [9.17, 15) is 4.39 Å². The van der Waals surface area contributed by atoms with Gasteiger partial charge in [0, 0.05) is 37.5 Å². The summed E-state index contributed by atoms with van der Waals surface area (Å²) in [6, 6.07) is 3.58. The van der Waals surface area contributed by atoms with Crippen LogP contribution in [0.25, 0.3) is 0 Å². The number of aromatic nitrogens is 1. The number of hydrogen-bond acceptors (Lipinski definition) is 4. The van der Waals surface area contributed by atoms with Crippen LogP contribution < -0.4 is 10.2 Å². The summed E-state index contributed by atoms with van der Waals surface area (Å²) in [4.78, 5) is 5.94. The summed E-state index contributed by atoms with van der Waals surface area (Å²) in [5.74, 6) is 0.637. The van der Waals surface area contributed by atoms with Crippen LogP contribution in [0, 0.1) is 11.7 Å². The third-order valence-corrected chi connectivity index (χ3v) is 3.18. The molecule has 0 saturated carbocycles. The molecule has 0 amide bonds. The predicted octanol–water partition coefficient (Wildman–Crippen LogP) is 3.20. The molecule has 0 bridgehead atoms. The molecule has 0 spiro atoms. The molecule has 0 aliphatic rings. The fourth-order valence-corrected chi connectivity index (χ4v) is 2.10. The third-order valence-electron chi connectivity index (χ3n) is 3.18. The second-order valence-electron chi connectivity index (χ2n) is 5.62. The van der Waals surface area contributed by atoms with E-state index >= 15 is 0 Å². The van der Waals surface area contributed by atoms with Gasteiger partial charge >= 0.3 is 0 Å². The van der Waals surface area contributed by atoms with Crippen molar-refractivity contribution in [1.29, 1.82) is 0 Å². The molecule has 0 aliphatic heterocycles. The molecule has 0 atom stereocenters. The Morgan fingerprint density at radius 3 is 2.86 bits per heavy atom. The molecule has 0 aromatic carbocycles. The van der Waals surface area contributed by atoms with Crippen molar-refractivity contribution in [2.75, 3.05) is 18.5 Å². The topological polar surface area (TPSA) is 41.3 Å². The first kappa shape index (κ1) is 15.5. The lowest BCUT2D eigenvalue weighted by Gasteiger charge is -2.19. The summed E-state index contributed by atoms with van der Waals surface area (Å²) >= 11 is 0. The van der Waals surface area contributed by atoms with Gasteiger partial charge in [0.25, 0.3) is 0 Å². The van der Waals surface area contributed by atoms with E-state index in [0.717, 1.165) is 12.1 Å². The lowest BCUT2D eigenvalue weighted by atomic mass is 10.2. The lowest BCUT2D eigenvalue weighted by molar-refractivity contribution is 0.532. The van der Waals surface area contributed by atoms with Gasteiger partial charge in [0.1, 0.15) is 0 Å². The van der Waals surface area contributed by atoms with E-state index in [1.807, 2.05) is 13.1 Å². The molecular formula is C16H22FN3O. The molecule has 2 heterocycles. The van der Waals surface area contributed by atoms with Crippen LogP contribution in [0.5, 0.6) is 0 Å². The highest BCUT2D eigenvalue weighted by atomic mass is 19.1. The quantitative estimate of drug-likeness (QED) is 0.850. The van der Waals surface area contributed by atoms with E-state index in [1.54, 1.807) is 29.7 Å². The number of rotatable bonds is 7. The molecule has 114 valence electrons. The Balaban J connectivity index is 2.05. The fraction of sp³-hybridized carbons (Fsp3) is 0.438. The highest BCUT2D eigenvalue weighted by Crippen LogP contribution is 2.20. The number of nitrogens with zero attached hydrogens (tertiary/aromatic N) is 2. The van der Waals surface area contributed by atoms with E-state index in [0.29, 0.717) is 30.4 Å². The molecule has 4 nitrogen and oxygen atoms in total. The first-order valence-electron chi connectivity index (χ1n) is 7.14. The van der Waals surface area contributed by atoms with Gasteiger partial charge in [-0.05, 0) is 24.6 Å². The summed E-state index contributed by atoms with van der Waals surface area (Å²) < 4.78 is 19.5. The normalized spacial score (nSPS) is 11.1. The van der Waals surface area contributed by atoms with E-state index in [1.165, 1.54) is 0 Å². The summed E-state index contributed by atoms with van der Waals surface area (Å²) in [6.45, 7) is 6.18. The minimum atomic E-state index is -0.264. The van der Waals surface area contributed by atoms with Crippen LogP contribution in [-0.2, 0) is 13.1 Å². The minimum absolute atomic E-state index is 0.264. The molecule has 0 unspecified atom stereocenters. The Morgan fingerprint density at radius 2 is 2.19 bits per heavy atom. The molecule has 1 N–H and O–H groups in total. The maximum absolute atomic E-state index is 14.5. The highest BCUT2D eigenvalue weighted by Gasteiger charge is 2.14. The maximum Gasteiger partial charge on any atom is 0.170 e. The molecule has 2 aromatic rings. The van der Waals surface area contributed by atoms with Gasteiger partial charge < -0.3 is 14.6 Å². The molecule has 0 saturated heterocycles. The third kappa shape index (κ3) is 4.29. The van der Waals surface area contributed by atoms with Gasteiger partial charge in [-0.3, -0.25) is 0 Å². The first-order valence-corrected chi connectivity index (χ1v) is 7.14. The number of furan rings is 1. The second kappa shape index (κ2) is 7.22. The van der Waals surface area contributed by atoms with Crippen LogP contribution in [-0.4, -0.2) is 18.6 Å². The minimum Gasteiger partial charge on any atom is -0.472 e. The predicted molar refractivity (Wildman–Crippen MR) is 81.6 cm³/mol.